The van der Waals surface area contributed by atoms with Crippen LogP contribution in [0.3, 0.4) is 0 Å². The normalized spacial score (nSPS) is 15.2. The number of hydrogen-bond donors (Lipinski definition) is 2. The molecule has 22 heavy (non-hydrogen) atoms. The average Bonchev–Trinajstić information content (AvgIpc) is 3.09. The number of ether oxygens (including phenoxy) is 2. The van der Waals surface area contributed by atoms with Crippen LogP contribution >= 0.6 is 0 Å². The van der Waals surface area contributed by atoms with E-state index >= 15 is 0 Å². The first-order chi connectivity index (χ1) is 10.8. The van der Waals surface area contributed by atoms with Gasteiger partial charge < -0.3 is 19.8 Å². The number of rotatable bonds is 5. The molecule has 0 saturated heterocycles. The maximum absolute atomic E-state index is 12.3. The highest BCUT2D eigenvalue weighted by Crippen LogP contribution is 2.18. The Balaban J connectivity index is 1.76. The molecule has 1 aliphatic rings. The molecule has 3 rings (SSSR count). The van der Waals surface area contributed by atoms with Crippen LogP contribution in [-0.2, 0) is 20.7 Å². The first-order valence-corrected chi connectivity index (χ1v) is 7.11. The van der Waals surface area contributed by atoms with E-state index in [4.69, 9.17) is 9.47 Å². The second-order valence-corrected chi connectivity index (χ2v) is 4.88. The number of amides is 1. The van der Waals surface area contributed by atoms with E-state index in [0.29, 0.717) is 19.6 Å². The predicted molar refractivity (Wildman–Crippen MR) is 79.6 cm³/mol. The maximum atomic E-state index is 12.3. The highest BCUT2D eigenvalue weighted by molar-refractivity contribution is 5.91. The van der Waals surface area contributed by atoms with Gasteiger partial charge in [0.2, 0.25) is 5.76 Å². The van der Waals surface area contributed by atoms with Crippen LogP contribution in [0.1, 0.15) is 17.4 Å². The van der Waals surface area contributed by atoms with E-state index in [1.165, 1.54) is 6.26 Å². The second-order valence-electron chi connectivity index (χ2n) is 4.88. The van der Waals surface area contributed by atoms with E-state index in [-0.39, 0.29) is 17.7 Å². The summed E-state index contributed by atoms with van der Waals surface area (Å²) in [6.07, 6.45) is 5.38. The number of H-pyrrole nitrogens is 1. The molecule has 114 valence electrons. The third kappa shape index (κ3) is 3.46. The maximum Gasteiger partial charge on any atom is 0.290 e. The smallest absolute Gasteiger partial charge is 0.290 e. The van der Waals surface area contributed by atoms with Crippen LogP contribution < -0.4 is 5.32 Å². The van der Waals surface area contributed by atoms with Crippen molar-refractivity contribution in [2.75, 3.05) is 13.2 Å². The van der Waals surface area contributed by atoms with Gasteiger partial charge in [0.05, 0.1) is 6.04 Å². The molecular formula is C16H17N3O3. The number of benzene rings is 1. The third-order valence-corrected chi connectivity index (χ3v) is 3.33. The summed E-state index contributed by atoms with van der Waals surface area (Å²) in [5.74, 6) is 0.718. The molecule has 0 saturated carbocycles. The Morgan fingerprint density at radius 3 is 2.86 bits per heavy atom. The molecule has 0 aliphatic carbocycles. The van der Waals surface area contributed by atoms with Crippen molar-refractivity contribution in [2.24, 2.45) is 0 Å². The van der Waals surface area contributed by atoms with Gasteiger partial charge in [0.25, 0.3) is 5.91 Å². The summed E-state index contributed by atoms with van der Waals surface area (Å²) in [5.41, 5.74) is 1.00. The van der Waals surface area contributed by atoms with E-state index < -0.39 is 0 Å². The molecule has 1 aromatic carbocycles. The zero-order valence-electron chi connectivity index (χ0n) is 12.0. The quantitative estimate of drug-likeness (QED) is 0.881. The number of imidazole rings is 1. The molecule has 1 unspecified atom stereocenters. The molecule has 1 aromatic heterocycles. The molecule has 1 aliphatic heterocycles. The Bertz CT molecular complexity index is 638. The highest BCUT2D eigenvalue weighted by Gasteiger charge is 2.21. The van der Waals surface area contributed by atoms with Gasteiger partial charge in [0, 0.05) is 18.8 Å². The second kappa shape index (κ2) is 6.80. The van der Waals surface area contributed by atoms with Gasteiger partial charge in [-0.2, -0.15) is 0 Å². The van der Waals surface area contributed by atoms with Crippen molar-refractivity contribution in [1.82, 2.24) is 15.3 Å². The Morgan fingerprint density at radius 1 is 1.32 bits per heavy atom. The topological polar surface area (TPSA) is 76.2 Å². The molecule has 2 aromatic rings. The van der Waals surface area contributed by atoms with Gasteiger partial charge in [-0.15, -0.1) is 0 Å². The molecule has 2 heterocycles. The Labute approximate surface area is 128 Å². The van der Waals surface area contributed by atoms with Gasteiger partial charge in [0.1, 0.15) is 25.3 Å². The molecule has 0 spiro atoms. The number of aromatic amines is 1. The van der Waals surface area contributed by atoms with Crippen LogP contribution in [0, 0.1) is 0 Å². The summed E-state index contributed by atoms with van der Waals surface area (Å²) in [6, 6.07) is 9.56. The van der Waals surface area contributed by atoms with Gasteiger partial charge in [-0.3, -0.25) is 4.79 Å². The monoisotopic (exact) mass is 299 g/mol. The molecular weight excluding hydrogens is 282 g/mol. The predicted octanol–water partition coefficient (Wildman–Crippen LogP) is 1.70. The van der Waals surface area contributed by atoms with Crippen molar-refractivity contribution < 1.29 is 14.3 Å². The van der Waals surface area contributed by atoms with Gasteiger partial charge in [-0.1, -0.05) is 30.3 Å². The Hall–Kier alpha value is -2.76. The van der Waals surface area contributed by atoms with E-state index in [0.717, 1.165) is 11.4 Å². The molecule has 0 bridgehead atoms. The first kappa shape index (κ1) is 14.2. The van der Waals surface area contributed by atoms with Crippen LogP contribution in [0.4, 0.5) is 0 Å². The minimum Gasteiger partial charge on any atom is -0.494 e. The fourth-order valence-corrected chi connectivity index (χ4v) is 2.26. The summed E-state index contributed by atoms with van der Waals surface area (Å²) >= 11 is 0. The minimum atomic E-state index is -0.292. The summed E-state index contributed by atoms with van der Waals surface area (Å²) in [4.78, 5) is 19.6. The summed E-state index contributed by atoms with van der Waals surface area (Å²) in [7, 11) is 0. The van der Waals surface area contributed by atoms with E-state index in [1.54, 1.807) is 12.4 Å². The number of hydrogen-bond acceptors (Lipinski definition) is 4. The molecule has 0 radical (unpaired) electrons. The SMILES string of the molecule is O=C(NC(Cc1ncc[nH]1)c1ccccc1)C1=COCCO1. The number of carbonyl (C=O) groups excluding carboxylic acids is 1. The van der Waals surface area contributed by atoms with Crippen molar-refractivity contribution in [3.8, 4) is 0 Å². The van der Waals surface area contributed by atoms with Crippen molar-refractivity contribution in [1.29, 1.82) is 0 Å². The molecule has 2 N–H and O–H groups in total. The lowest BCUT2D eigenvalue weighted by molar-refractivity contribution is -0.123. The van der Waals surface area contributed by atoms with Crippen LogP contribution in [0.25, 0.3) is 0 Å². The van der Waals surface area contributed by atoms with Gasteiger partial charge in [0.15, 0.2) is 0 Å². The zero-order valence-corrected chi connectivity index (χ0v) is 12.0. The lowest BCUT2D eigenvalue weighted by Gasteiger charge is -2.21. The van der Waals surface area contributed by atoms with Gasteiger partial charge >= 0.3 is 0 Å². The Kier molecular flexibility index (Phi) is 4.38. The Morgan fingerprint density at radius 2 is 2.18 bits per heavy atom. The van der Waals surface area contributed by atoms with E-state index in [2.05, 4.69) is 15.3 Å². The molecule has 1 amide bonds. The van der Waals surface area contributed by atoms with Crippen LogP contribution in [0.2, 0.25) is 0 Å². The minimum absolute atomic E-state index is 0.201. The summed E-state index contributed by atoms with van der Waals surface area (Å²) < 4.78 is 10.4. The highest BCUT2D eigenvalue weighted by atomic mass is 16.6. The van der Waals surface area contributed by atoms with Gasteiger partial charge in [-0.05, 0) is 5.56 Å². The number of nitrogens with one attached hydrogen (secondary N) is 2. The number of nitrogens with zero attached hydrogens (tertiary/aromatic N) is 1. The van der Waals surface area contributed by atoms with E-state index in [9.17, 15) is 4.79 Å². The largest absolute Gasteiger partial charge is 0.494 e. The van der Waals surface area contributed by atoms with Crippen molar-refractivity contribution in [2.45, 2.75) is 12.5 Å². The van der Waals surface area contributed by atoms with Crippen molar-refractivity contribution >= 4 is 5.91 Å². The van der Waals surface area contributed by atoms with Crippen LogP contribution in [0.15, 0.2) is 54.7 Å². The molecule has 0 fully saturated rings. The summed E-state index contributed by atoms with van der Waals surface area (Å²) in [5, 5.41) is 2.97. The molecule has 6 heteroatoms. The van der Waals surface area contributed by atoms with E-state index in [1.807, 2.05) is 30.3 Å². The average molecular weight is 299 g/mol. The zero-order chi connectivity index (χ0) is 15.2. The first-order valence-electron chi connectivity index (χ1n) is 7.11. The number of carbonyl (C=O) groups is 1. The van der Waals surface area contributed by atoms with Crippen LogP contribution in [0.5, 0.6) is 0 Å². The van der Waals surface area contributed by atoms with Crippen molar-refractivity contribution in [3.63, 3.8) is 0 Å². The standard InChI is InChI=1S/C16H17N3O3/c20-16(14-11-21-8-9-22-14)19-13(10-15-17-6-7-18-15)12-4-2-1-3-5-12/h1-7,11,13H,8-10H2,(H,17,18)(H,19,20). The molecule has 6 nitrogen and oxygen atoms in total. The lowest BCUT2D eigenvalue weighted by Crippen LogP contribution is -2.33. The van der Waals surface area contributed by atoms with Crippen LogP contribution in [-0.4, -0.2) is 29.1 Å². The fraction of sp³-hybridized carbons (Fsp3) is 0.250. The van der Waals surface area contributed by atoms with Gasteiger partial charge in [-0.25, -0.2) is 4.98 Å². The fourth-order valence-electron chi connectivity index (χ4n) is 2.26. The summed E-state index contributed by atoms with van der Waals surface area (Å²) in [6.45, 7) is 0.846. The third-order valence-electron chi connectivity index (χ3n) is 3.33. The lowest BCUT2D eigenvalue weighted by atomic mass is 10.0. The number of aromatic nitrogens is 2. The molecule has 1 atom stereocenters. The van der Waals surface area contributed by atoms with Crippen molar-refractivity contribution in [3.05, 3.63) is 66.1 Å².